The van der Waals surface area contributed by atoms with Gasteiger partial charge in [0.15, 0.2) is 11.8 Å². The van der Waals surface area contributed by atoms with Gasteiger partial charge in [-0.05, 0) is 54.8 Å². The number of hydrogen-bond donors (Lipinski definition) is 2. The summed E-state index contributed by atoms with van der Waals surface area (Å²) in [5.74, 6) is 1.36. The fourth-order valence-electron chi connectivity index (χ4n) is 2.79. The van der Waals surface area contributed by atoms with E-state index in [1.807, 2.05) is 31.3 Å². The number of guanidine groups is 1. The first kappa shape index (κ1) is 24.6. The predicted molar refractivity (Wildman–Crippen MR) is 125 cm³/mol. The summed E-state index contributed by atoms with van der Waals surface area (Å²) in [7, 11) is 0. The van der Waals surface area contributed by atoms with Crippen molar-refractivity contribution in [1.82, 2.24) is 25.4 Å². The smallest absolute Gasteiger partial charge is 0.357 e. The highest BCUT2D eigenvalue weighted by atomic mass is 127. The third-order valence-electron chi connectivity index (χ3n) is 4.30. The Bertz CT molecular complexity index is 956. The highest BCUT2D eigenvalue weighted by Gasteiger charge is 2.29. The number of rotatable bonds is 7. The van der Waals surface area contributed by atoms with Gasteiger partial charge in [-0.3, -0.25) is 0 Å². The number of alkyl halides is 3. The van der Waals surface area contributed by atoms with Gasteiger partial charge in [0.1, 0.15) is 0 Å². The van der Waals surface area contributed by atoms with Crippen LogP contribution in [0.25, 0.3) is 5.82 Å². The van der Waals surface area contributed by atoms with E-state index in [0.717, 1.165) is 23.3 Å². The van der Waals surface area contributed by atoms with Crippen molar-refractivity contribution in [2.45, 2.75) is 26.1 Å². The van der Waals surface area contributed by atoms with Crippen molar-refractivity contribution in [3.8, 4) is 5.82 Å². The average Bonchev–Trinajstić information content (AvgIpc) is 3.27. The second kappa shape index (κ2) is 11.7. The molecule has 3 rings (SSSR count). The lowest BCUT2D eigenvalue weighted by Crippen LogP contribution is -2.38. The number of benzene rings is 1. The number of aliphatic imine (C=N–C) groups is 1. The molecule has 2 aromatic heterocycles. The zero-order valence-corrected chi connectivity index (χ0v) is 19.3. The number of nitrogens with one attached hydrogen (secondary N) is 2. The first-order chi connectivity index (χ1) is 14.5. The summed E-state index contributed by atoms with van der Waals surface area (Å²) in [6.07, 6.45) is 1.50. The first-order valence-corrected chi connectivity index (χ1v) is 9.59. The molecule has 0 fully saturated rings. The summed E-state index contributed by atoms with van der Waals surface area (Å²) in [5, 5.41) is 10.5. The van der Waals surface area contributed by atoms with E-state index < -0.39 is 11.7 Å². The molecule has 0 aliphatic heterocycles. The Hall–Kier alpha value is -2.63. The lowest BCUT2D eigenvalue weighted by molar-refractivity contribution is -0.137. The average molecular weight is 544 g/mol. The zero-order chi connectivity index (χ0) is 21.4. The molecule has 0 amide bonds. The van der Waals surface area contributed by atoms with Crippen LogP contribution in [0, 0.1) is 0 Å². The Morgan fingerprint density at radius 3 is 2.48 bits per heavy atom. The molecule has 2 heterocycles. The number of halogens is 4. The van der Waals surface area contributed by atoms with Crippen LogP contribution in [-0.4, -0.2) is 33.8 Å². The van der Waals surface area contributed by atoms with Gasteiger partial charge in [-0.1, -0.05) is 12.1 Å². The fourth-order valence-corrected chi connectivity index (χ4v) is 2.79. The van der Waals surface area contributed by atoms with E-state index in [2.05, 4.69) is 25.7 Å². The van der Waals surface area contributed by atoms with Gasteiger partial charge in [0.25, 0.3) is 0 Å². The van der Waals surface area contributed by atoms with Crippen LogP contribution in [0.5, 0.6) is 0 Å². The molecule has 0 unspecified atom stereocenters. The quantitative estimate of drug-likeness (QED) is 0.266. The van der Waals surface area contributed by atoms with Gasteiger partial charge in [0.05, 0.1) is 12.1 Å². The van der Waals surface area contributed by atoms with Crippen molar-refractivity contribution < 1.29 is 13.2 Å². The van der Waals surface area contributed by atoms with E-state index in [-0.39, 0.29) is 24.0 Å². The van der Waals surface area contributed by atoms with Crippen LogP contribution in [0.3, 0.4) is 0 Å². The van der Waals surface area contributed by atoms with Crippen molar-refractivity contribution in [2.24, 2.45) is 4.99 Å². The Morgan fingerprint density at radius 2 is 1.84 bits per heavy atom. The predicted octanol–water partition coefficient (Wildman–Crippen LogP) is 4.20. The van der Waals surface area contributed by atoms with E-state index in [0.29, 0.717) is 37.8 Å². The van der Waals surface area contributed by atoms with Gasteiger partial charge in [-0.15, -0.1) is 24.0 Å². The molecular formula is C21H24F3IN6. The monoisotopic (exact) mass is 544 g/mol. The van der Waals surface area contributed by atoms with E-state index >= 15 is 0 Å². The minimum Gasteiger partial charge on any atom is -0.357 e. The largest absolute Gasteiger partial charge is 0.416 e. The maximum Gasteiger partial charge on any atom is 0.416 e. The fraction of sp³-hybridized carbons (Fsp3) is 0.286. The summed E-state index contributed by atoms with van der Waals surface area (Å²) in [4.78, 5) is 8.87. The number of nitrogens with zero attached hydrogens (tertiary/aromatic N) is 4. The lowest BCUT2D eigenvalue weighted by Gasteiger charge is -2.12. The van der Waals surface area contributed by atoms with Gasteiger partial charge in [0, 0.05) is 31.7 Å². The first-order valence-electron chi connectivity index (χ1n) is 9.59. The minimum absolute atomic E-state index is 0. The molecule has 6 nitrogen and oxygen atoms in total. The molecule has 0 aliphatic carbocycles. The molecule has 166 valence electrons. The van der Waals surface area contributed by atoms with Crippen molar-refractivity contribution >= 4 is 29.9 Å². The maximum absolute atomic E-state index is 12.6. The number of aromatic nitrogens is 3. The third-order valence-corrected chi connectivity index (χ3v) is 4.30. The Kier molecular flexibility index (Phi) is 9.28. The Labute approximate surface area is 196 Å². The molecule has 31 heavy (non-hydrogen) atoms. The topological polar surface area (TPSA) is 67.1 Å². The maximum atomic E-state index is 12.6. The molecule has 0 aliphatic rings. The van der Waals surface area contributed by atoms with Crippen LogP contribution in [0.4, 0.5) is 13.2 Å². The van der Waals surface area contributed by atoms with Crippen LogP contribution in [0.15, 0.2) is 66.0 Å². The van der Waals surface area contributed by atoms with E-state index in [1.165, 1.54) is 12.1 Å². The summed E-state index contributed by atoms with van der Waals surface area (Å²) in [6.45, 7) is 3.66. The van der Waals surface area contributed by atoms with Crippen LogP contribution in [0.1, 0.15) is 23.6 Å². The van der Waals surface area contributed by atoms with Crippen LogP contribution in [0.2, 0.25) is 0 Å². The van der Waals surface area contributed by atoms with Crippen molar-refractivity contribution in [3.63, 3.8) is 0 Å². The van der Waals surface area contributed by atoms with Crippen molar-refractivity contribution in [1.29, 1.82) is 0 Å². The van der Waals surface area contributed by atoms with E-state index in [4.69, 9.17) is 0 Å². The molecule has 0 saturated carbocycles. The highest BCUT2D eigenvalue weighted by molar-refractivity contribution is 14.0. The molecule has 0 saturated heterocycles. The van der Waals surface area contributed by atoms with Crippen molar-refractivity contribution in [2.75, 3.05) is 13.1 Å². The summed E-state index contributed by atoms with van der Waals surface area (Å²) >= 11 is 0. The minimum atomic E-state index is -4.31. The highest BCUT2D eigenvalue weighted by Crippen LogP contribution is 2.29. The van der Waals surface area contributed by atoms with E-state index in [1.54, 1.807) is 17.1 Å². The molecule has 3 aromatic rings. The molecule has 0 atom stereocenters. The summed E-state index contributed by atoms with van der Waals surface area (Å²) in [5.41, 5.74) is 1.17. The summed E-state index contributed by atoms with van der Waals surface area (Å²) in [6, 6.07) is 10.9. The van der Waals surface area contributed by atoms with Crippen molar-refractivity contribution in [3.05, 3.63) is 77.7 Å². The molecule has 0 radical (unpaired) electrons. The molecule has 10 heteroatoms. The SMILES string of the molecule is CCNC(=NCc1ccnc(-n2cccn2)c1)NCCc1ccc(C(F)(F)F)cc1.I. The molecular weight excluding hydrogens is 520 g/mol. The standard InChI is InChI=1S/C21H23F3N6.HI/c1-2-25-20(27-12-8-16-4-6-18(7-5-16)21(22,23)24)28-15-17-9-11-26-19(14-17)30-13-3-10-29-30;/h3-7,9-11,13-14H,2,8,12,15H2,1H3,(H2,25,27,28);1H. The number of pyridine rings is 1. The van der Waals surface area contributed by atoms with Crippen LogP contribution in [-0.2, 0) is 19.1 Å². The molecule has 1 aromatic carbocycles. The van der Waals surface area contributed by atoms with Gasteiger partial charge in [-0.25, -0.2) is 14.7 Å². The Morgan fingerprint density at radius 1 is 1.06 bits per heavy atom. The van der Waals surface area contributed by atoms with Gasteiger partial charge in [0.2, 0.25) is 0 Å². The third kappa shape index (κ3) is 7.53. The van der Waals surface area contributed by atoms with Gasteiger partial charge >= 0.3 is 6.18 Å². The number of hydrogen-bond acceptors (Lipinski definition) is 3. The molecule has 2 N–H and O–H groups in total. The van der Waals surface area contributed by atoms with Crippen LogP contribution < -0.4 is 10.6 Å². The van der Waals surface area contributed by atoms with Gasteiger partial charge < -0.3 is 10.6 Å². The second-order valence-corrected chi connectivity index (χ2v) is 6.54. The van der Waals surface area contributed by atoms with E-state index in [9.17, 15) is 13.2 Å². The normalized spacial score (nSPS) is 11.7. The molecule has 0 bridgehead atoms. The van der Waals surface area contributed by atoms with Crippen LogP contribution >= 0.6 is 24.0 Å². The van der Waals surface area contributed by atoms with Gasteiger partial charge in [-0.2, -0.15) is 18.3 Å². The second-order valence-electron chi connectivity index (χ2n) is 6.54. The zero-order valence-electron chi connectivity index (χ0n) is 16.9. The Balaban J connectivity index is 0.00000341. The lowest BCUT2D eigenvalue weighted by atomic mass is 10.1. The molecule has 0 spiro atoms. The summed E-state index contributed by atoms with van der Waals surface area (Å²) < 4.78 is 39.6.